The second-order valence-corrected chi connectivity index (χ2v) is 6.92. The number of hydrogen-bond acceptors (Lipinski definition) is 6. The van der Waals surface area contributed by atoms with Gasteiger partial charge in [0.05, 0.1) is 18.8 Å². The minimum Gasteiger partial charge on any atom is -0.363 e. The number of aldehydes is 1. The molecule has 0 aliphatic rings. The number of nitrogens with zero attached hydrogens (tertiary/aromatic N) is 6. The number of amides is 1. The van der Waals surface area contributed by atoms with E-state index in [0.717, 1.165) is 17.7 Å². The van der Waals surface area contributed by atoms with Gasteiger partial charge in [-0.15, -0.1) is 5.10 Å². The molecule has 152 valence electrons. The van der Waals surface area contributed by atoms with Crippen molar-refractivity contribution in [3.05, 3.63) is 60.3 Å². The number of rotatable bonds is 10. The first-order valence-corrected chi connectivity index (χ1v) is 9.45. The molecular formula is C20H25N7O2. The molecule has 1 amide bonds. The lowest BCUT2D eigenvalue weighted by molar-refractivity contribution is -0.109. The molecular weight excluding hydrogens is 370 g/mol. The molecule has 0 aliphatic heterocycles. The normalized spacial score (nSPS) is 11.8. The van der Waals surface area contributed by atoms with Gasteiger partial charge in [0.2, 0.25) is 5.82 Å². The van der Waals surface area contributed by atoms with Crippen LogP contribution in [-0.4, -0.2) is 56.9 Å². The summed E-state index contributed by atoms with van der Waals surface area (Å²) in [4.78, 5) is 29.8. The van der Waals surface area contributed by atoms with Gasteiger partial charge >= 0.3 is 0 Å². The summed E-state index contributed by atoms with van der Waals surface area (Å²) in [6, 6.07) is 11.1. The highest BCUT2D eigenvalue weighted by Gasteiger charge is 2.17. The average Bonchev–Trinajstić information content (AvgIpc) is 3.37. The Hall–Kier alpha value is -3.49. The molecule has 1 aromatic carbocycles. The Kier molecular flexibility index (Phi) is 6.72. The molecule has 0 aliphatic carbocycles. The number of aryl methyl sites for hydroxylation is 1. The number of carbonyl (C=O) groups excluding carboxylic acids is 2. The summed E-state index contributed by atoms with van der Waals surface area (Å²) in [5, 5.41) is 11.2. The molecule has 3 rings (SSSR count). The van der Waals surface area contributed by atoms with Crippen LogP contribution in [0.25, 0.3) is 0 Å². The largest absolute Gasteiger partial charge is 0.363 e. The summed E-state index contributed by atoms with van der Waals surface area (Å²) in [6.45, 7) is 1.18. The third-order valence-electron chi connectivity index (χ3n) is 4.45. The number of hydrogen-bond donors (Lipinski definition) is 1. The van der Waals surface area contributed by atoms with Crippen LogP contribution in [0.5, 0.6) is 0 Å². The van der Waals surface area contributed by atoms with Crippen LogP contribution >= 0.6 is 0 Å². The van der Waals surface area contributed by atoms with E-state index in [1.807, 2.05) is 60.1 Å². The van der Waals surface area contributed by atoms with Crippen molar-refractivity contribution in [2.75, 3.05) is 19.0 Å². The molecule has 2 aromatic heterocycles. The molecule has 0 saturated heterocycles. The fraction of sp³-hybridized carbons (Fsp3) is 0.350. The topological polar surface area (TPSA) is 97.9 Å². The number of carbonyl (C=O) groups is 2. The van der Waals surface area contributed by atoms with Gasteiger partial charge < -0.3 is 15.0 Å². The number of aromatic nitrogens is 5. The lowest BCUT2D eigenvalue weighted by Gasteiger charge is -2.15. The fourth-order valence-electron chi connectivity index (χ4n) is 2.99. The maximum Gasteiger partial charge on any atom is 0.291 e. The van der Waals surface area contributed by atoms with Gasteiger partial charge in [0.1, 0.15) is 18.4 Å². The molecule has 0 spiro atoms. The monoisotopic (exact) mass is 395 g/mol. The lowest BCUT2D eigenvalue weighted by atomic mass is 10.1. The van der Waals surface area contributed by atoms with Crippen LogP contribution < -0.4 is 10.2 Å². The van der Waals surface area contributed by atoms with Crippen molar-refractivity contribution in [2.45, 2.75) is 32.0 Å². The predicted octanol–water partition coefficient (Wildman–Crippen LogP) is 1.37. The molecule has 0 saturated carbocycles. The van der Waals surface area contributed by atoms with E-state index >= 15 is 0 Å². The van der Waals surface area contributed by atoms with Crippen molar-refractivity contribution in [3.8, 4) is 0 Å². The first kappa shape index (κ1) is 20.2. The van der Waals surface area contributed by atoms with Crippen LogP contribution in [0.2, 0.25) is 0 Å². The van der Waals surface area contributed by atoms with Crippen LogP contribution in [0, 0.1) is 0 Å². The van der Waals surface area contributed by atoms with Gasteiger partial charge in [0.25, 0.3) is 5.91 Å². The molecule has 0 bridgehead atoms. The Morgan fingerprint density at radius 1 is 1.24 bits per heavy atom. The Morgan fingerprint density at radius 2 is 2.03 bits per heavy atom. The fourth-order valence-corrected chi connectivity index (χ4v) is 2.99. The van der Waals surface area contributed by atoms with Crippen LogP contribution in [-0.2, 0) is 17.9 Å². The first-order valence-electron chi connectivity index (χ1n) is 9.45. The summed E-state index contributed by atoms with van der Waals surface area (Å²) in [5.74, 6) is 0.585. The van der Waals surface area contributed by atoms with Gasteiger partial charge in [0.15, 0.2) is 0 Å². The zero-order valence-electron chi connectivity index (χ0n) is 16.6. The zero-order chi connectivity index (χ0) is 20.6. The van der Waals surface area contributed by atoms with E-state index in [9.17, 15) is 9.59 Å². The quantitative estimate of drug-likeness (QED) is 0.521. The molecule has 9 nitrogen and oxygen atoms in total. The second kappa shape index (κ2) is 9.63. The van der Waals surface area contributed by atoms with Crippen molar-refractivity contribution in [2.24, 2.45) is 0 Å². The summed E-state index contributed by atoms with van der Waals surface area (Å²) in [6.07, 6.45) is 5.20. The summed E-state index contributed by atoms with van der Waals surface area (Å²) >= 11 is 0. The highest BCUT2D eigenvalue weighted by Crippen LogP contribution is 2.11. The Morgan fingerprint density at radius 3 is 2.76 bits per heavy atom. The molecule has 0 fully saturated rings. The van der Waals surface area contributed by atoms with Gasteiger partial charge in [0, 0.05) is 26.7 Å². The van der Waals surface area contributed by atoms with Gasteiger partial charge in [-0.3, -0.25) is 4.79 Å². The molecule has 29 heavy (non-hydrogen) atoms. The third kappa shape index (κ3) is 5.50. The maximum absolute atomic E-state index is 12.4. The van der Waals surface area contributed by atoms with Crippen LogP contribution in [0.3, 0.4) is 0 Å². The average molecular weight is 395 g/mol. The summed E-state index contributed by atoms with van der Waals surface area (Å²) < 4.78 is 3.47. The van der Waals surface area contributed by atoms with Crippen LogP contribution in [0.4, 0.5) is 5.82 Å². The van der Waals surface area contributed by atoms with E-state index in [0.29, 0.717) is 25.9 Å². The highest BCUT2D eigenvalue weighted by molar-refractivity contribution is 5.92. The van der Waals surface area contributed by atoms with E-state index in [1.54, 1.807) is 10.9 Å². The molecule has 1 atom stereocenters. The Bertz CT molecular complexity index is 933. The zero-order valence-corrected chi connectivity index (χ0v) is 16.6. The van der Waals surface area contributed by atoms with Crippen LogP contribution in [0.15, 0.2) is 48.9 Å². The summed E-state index contributed by atoms with van der Waals surface area (Å²) in [7, 11) is 3.90. The van der Waals surface area contributed by atoms with Crippen molar-refractivity contribution < 1.29 is 9.59 Å². The molecule has 9 heteroatoms. The SMILES string of the molecule is CN(C)c1ccnn1CCCC(C=O)NC(=O)c1ncn(Cc2ccccc2)n1. The number of benzene rings is 1. The smallest absolute Gasteiger partial charge is 0.291 e. The van der Waals surface area contributed by atoms with E-state index < -0.39 is 11.9 Å². The van der Waals surface area contributed by atoms with E-state index in [1.165, 1.54) is 6.33 Å². The van der Waals surface area contributed by atoms with Gasteiger partial charge in [-0.05, 0) is 18.4 Å². The van der Waals surface area contributed by atoms with Crippen molar-refractivity contribution >= 4 is 18.0 Å². The molecule has 1 N–H and O–H groups in total. The standard InChI is InChI=1S/C20H25N7O2/c1-25(2)18-10-11-22-27(18)12-6-9-17(14-28)23-20(29)19-21-15-26(24-19)13-16-7-4-3-5-8-16/h3-5,7-8,10-11,14-15,17H,6,9,12-13H2,1-2H3,(H,23,29). The number of anilines is 1. The van der Waals surface area contributed by atoms with E-state index in [-0.39, 0.29) is 5.82 Å². The third-order valence-corrected chi connectivity index (χ3v) is 4.45. The first-order chi connectivity index (χ1) is 14.1. The van der Waals surface area contributed by atoms with Crippen molar-refractivity contribution in [3.63, 3.8) is 0 Å². The molecule has 3 aromatic rings. The number of nitrogens with one attached hydrogen (secondary N) is 1. The molecule has 1 unspecified atom stereocenters. The summed E-state index contributed by atoms with van der Waals surface area (Å²) in [5.41, 5.74) is 1.06. The second-order valence-electron chi connectivity index (χ2n) is 6.92. The van der Waals surface area contributed by atoms with Crippen LogP contribution in [0.1, 0.15) is 29.0 Å². The van der Waals surface area contributed by atoms with E-state index in [4.69, 9.17) is 0 Å². The minimum absolute atomic E-state index is 0.0507. The van der Waals surface area contributed by atoms with Crippen molar-refractivity contribution in [1.82, 2.24) is 29.9 Å². The Labute approximate surface area is 169 Å². The Balaban J connectivity index is 1.50. The highest BCUT2D eigenvalue weighted by atomic mass is 16.2. The molecule has 0 radical (unpaired) electrons. The molecule has 2 heterocycles. The van der Waals surface area contributed by atoms with Gasteiger partial charge in [-0.25, -0.2) is 14.3 Å². The van der Waals surface area contributed by atoms with Gasteiger partial charge in [-0.1, -0.05) is 30.3 Å². The maximum atomic E-state index is 12.4. The predicted molar refractivity (Wildman–Crippen MR) is 109 cm³/mol. The van der Waals surface area contributed by atoms with Crippen molar-refractivity contribution in [1.29, 1.82) is 0 Å². The minimum atomic E-state index is -0.595. The van der Waals surface area contributed by atoms with Gasteiger partial charge in [-0.2, -0.15) is 5.10 Å². The van der Waals surface area contributed by atoms with E-state index in [2.05, 4.69) is 20.5 Å². The lowest BCUT2D eigenvalue weighted by Crippen LogP contribution is -2.36.